The summed E-state index contributed by atoms with van der Waals surface area (Å²) in [6.45, 7) is 3.78. The van der Waals surface area contributed by atoms with Crippen molar-refractivity contribution in [2.24, 2.45) is 0 Å². The molecule has 0 saturated carbocycles. The molecule has 6 heteroatoms. The number of halogens is 1. The summed E-state index contributed by atoms with van der Waals surface area (Å²) in [5, 5.41) is 0. The molecule has 0 amide bonds. The van der Waals surface area contributed by atoms with Crippen LogP contribution in [0.15, 0.2) is 45.8 Å². The van der Waals surface area contributed by atoms with Crippen molar-refractivity contribution in [2.75, 3.05) is 11.8 Å². The van der Waals surface area contributed by atoms with Crippen LogP contribution < -0.4 is 9.46 Å². The van der Waals surface area contributed by atoms with Crippen molar-refractivity contribution >= 4 is 31.6 Å². The van der Waals surface area contributed by atoms with Gasteiger partial charge in [-0.15, -0.1) is 0 Å². The van der Waals surface area contributed by atoms with Crippen molar-refractivity contribution in [2.45, 2.75) is 18.7 Å². The molecule has 2 aromatic carbocycles. The van der Waals surface area contributed by atoms with Gasteiger partial charge in [0.25, 0.3) is 10.0 Å². The van der Waals surface area contributed by atoms with Gasteiger partial charge in [0.05, 0.1) is 7.11 Å². The number of rotatable bonds is 4. The van der Waals surface area contributed by atoms with Crippen molar-refractivity contribution in [3.63, 3.8) is 0 Å². The minimum Gasteiger partial charge on any atom is -0.495 e. The van der Waals surface area contributed by atoms with Gasteiger partial charge in [0, 0.05) is 10.2 Å². The van der Waals surface area contributed by atoms with Gasteiger partial charge in [-0.25, -0.2) is 8.42 Å². The Morgan fingerprint density at radius 3 is 2.38 bits per heavy atom. The lowest BCUT2D eigenvalue weighted by atomic mass is 10.1. The van der Waals surface area contributed by atoms with E-state index in [1.807, 2.05) is 19.9 Å². The smallest absolute Gasteiger partial charge is 0.265 e. The normalized spacial score (nSPS) is 11.2. The fourth-order valence-electron chi connectivity index (χ4n) is 1.89. The van der Waals surface area contributed by atoms with E-state index in [9.17, 15) is 8.42 Å². The van der Waals surface area contributed by atoms with Crippen LogP contribution in [0.5, 0.6) is 5.75 Å². The van der Waals surface area contributed by atoms with Crippen LogP contribution >= 0.6 is 15.9 Å². The third kappa shape index (κ3) is 3.57. The second kappa shape index (κ2) is 6.07. The van der Waals surface area contributed by atoms with Gasteiger partial charge in [-0.3, -0.25) is 4.72 Å². The van der Waals surface area contributed by atoms with Gasteiger partial charge in [-0.2, -0.15) is 0 Å². The summed E-state index contributed by atoms with van der Waals surface area (Å²) < 4.78 is 33.7. The number of sulfonamides is 1. The first-order chi connectivity index (χ1) is 9.83. The van der Waals surface area contributed by atoms with Crippen LogP contribution in [0.1, 0.15) is 11.1 Å². The molecule has 0 radical (unpaired) electrons. The molecule has 1 N–H and O–H groups in total. The van der Waals surface area contributed by atoms with Crippen LogP contribution in [0.2, 0.25) is 0 Å². The van der Waals surface area contributed by atoms with E-state index in [1.54, 1.807) is 30.3 Å². The van der Waals surface area contributed by atoms with E-state index in [0.29, 0.717) is 11.4 Å². The second-order valence-corrected chi connectivity index (χ2v) is 7.27. The molecule has 0 aromatic heterocycles. The van der Waals surface area contributed by atoms with Crippen molar-refractivity contribution in [3.8, 4) is 5.75 Å². The largest absolute Gasteiger partial charge is 0.495 e. The zero-order valence-corrected chi connectivity index (χ0v) is 14.4. The van der Waals surface area contributed by atoms with Crippen LogP contribution in [-0.4, -0.2) is 15.5 Å². The molecule has 0 bridgehead atoms. The summed E-state index contributed by atoms with van der Waals surface area (Å²) in [5.74, 6) is 0.334. The number of ether oxygens (including phenoxy) is 1. The predicted octanol–water partition coefficient (Wildman–Crippen LogP) is 3.88. The number of anilines is 1. The van der Waals surface area contributed by atoms with E-state index >= 15 is 0 Å². The highest BCUT2D eigenvalue weighted by Crippen LogP contribution is 2.29. The quantitative estimate of drug-likeness (QED) is 0.889. The van der Waals surface area contributed by atoms with Gasteiger partial charge in [0.2, 0.25) is 0 Å². The molecule has 2 aromatic rings. The maximum Gasteiger partial charge on any atom is 0.265 e. The number of hydrogen-bond donors (Lipinski definition) is 1. The molecule has 0 unspecified atom stereocenters. The first-order valence-electron chi connectivity index (χ1n) is 6.27. The molecular formula is C15H16BrNO3S. The van der Waals surface area contributed by atoms with Crippen molar-refractivity contribution in [1.82, 2.24) is 0 Å². The highest BCUT2D eigenvalue weighted by Gasteiger charge is 2.20. The fraction of sp³-hybridized carbons (Fsp3) is 0.200. The Labute approximate surface area is 133 Å². The van der Waals surface area contributed by atoms with Crippen LogP contribution in [-0.2, 0) is 10.0 Å². The Morgan fingerprint density at radius 1 is 1.10 bits per heavy atom. The zero-order valence-electron chi connectivity index (χ0n) is 12.0. The standard InChI is InChI=1S/C15H16BrNO3S/c1-10-7-14(20-3)15(8-11(10)2)21(18,19)17-13-6-4-5-12(16)9-13/h4-9,17H,1-3H3. The molecule has 0 spiro atoms. The van der Waals surface area contributed by atoms with E-state index in [1.165, 1.54) is 7.11 Å². The third-order valence-electron chi connectivity index (χ3n) is 3.15. The molecule has 112 valence electrons. The lowest BCUT2D eigenvalue weighted by molar-refractivity contribution is 0.402. The lowest BCUT2D eigenvalue weighted by Gasteiger charge is -2.14. The number of methoxy groups -OCH3 is 1. The van der Waals surface area contributed by atoms with Crippen LogP contribution in [0.4, 0.5) is 5.69 Å². The third-order valence-corrected chi connectivity index (χ3v) is 5.04. The maximum atomic E-state index is 12.5. The molecule has 21 heavy (non-hydrogen) atoms. The van der Waals surface area contributed by atoms with Gasteiger partial charge < -0.3 is 4.74 Å². The van der Waals surface area contributed by atoms with Crippen molar-refractivity contribution in [3.05, 3.63) is 52.0 Å². The first kappa shape index (κ1) is 15.9. The first-order valence-corrected chi connectivity index (χ1v) is 8.55. The van der Waals surface area contributed by atoms with Crippen LogP contribution in [0.3, 0.4) is 0 Å². The minimum atomic E-state index is -3.71. The molecule has 2 rings (SSSR count). The molecule has 0 saturated heterocycles. The summed E-state index contributed by atoms with van der Waals surface area (Å²) in [6.07, 6.45) is 0. The van der Waals surface area contributed by atoms with E-state index in [-0.39, 0.29) is 4.90 Å². The van der Waals surface area contributed by atoms with Crippen molar-refractivity contribution in [1.29, 1.82) is 0 Å². The Bertz CT molecular complexity index is 772. The summed E-state index contributed by atoms with van der Waals surface area (Å²) in [6, 6.07) is 10.3. The van der Waals surface area contributed by atoms with Crippen LogP contribution in [0, 0.1) is 13.8 Å². The van der Waals surface area contributed by atoms with Gasteiger partial charge in [-0.05, 0) is 55.3 Å². The maximum absolute atomic E-state index is 12.5. The Balaban J connectivity index is 2.47. The highest BCUT2D eigenvalue weighted by atomic mass is 79.9. The van der Waals surface area contributed by atoms with E-state index < -0.39 is 10.0 Å². The Kier molecular flexibility index (Phi) is 4.58. The summed E-state index contributed by atoms with van der Waals surface area (Å²) in [7, 11) is -2.25. The number of benzene rings is 2. The summed E-state index contributed by atoms with van der Waals surface area (Å²) >= 11 is 3.32. The molecule has 4 nitrogen and oxygen atoms in total. The molecule has 0 aliphatic heterocycles. The number of aryl methyl sites for hydroxylation is 2. The molecule has 0 heterocycles. The van der Waals surface area contributed by atoms with E-state index in [4.69, 9.17) is 4.74 Å². The van der Waals surface area contributed by atoms with E-state index in [2.05, 4.69) is 20.7 Å². The second-order valence-electron chi connectivity index (χ2n) is 4.70. The number of nitrogens with one attached hydrogen (secondary N) is 1. The molecule has 0 fully saturated rings. The van der Waals surface area contributed by atoms with Crippen molar-refractivity contribution < 1.29 is 13.2 Å². The monoisotopic (exact) mass is 369 g/mol. The summed E-state index contributed by atoms with van der Waals surface area (Å²) in [4.78, 5) is 0.132. The Hall–Kier alpha value is -1.53. The van der Waals surface area contributed by atoms with Gasteiger partial charge in [0.1, 0.15) is 10.6 Å². The van der Waals surface area contributed by atoms with Gasteiger partial charge in [0.15, 0.2) is 0 Å². The average molecular weight is 370 g/mol. The average Bonchev–Trinajstić information content (AvgIpc) is 2.40. The van der Waals surface area contributed by atoms with E-state index in [0.717, 1.165) is 15.6 Å². The molecular weight excluding hydrogens is 354 g/mol. The topological polar surface area (TPSA) is 55.4 Å². The van der Waals surface area contributed by atoms with Crippen LogP contribution in [0.25, 0.3) is 0 Å². The van der Waals surface area contributed by atoms with Gasteiger partial charge >= 0.3 is 0 Å². The zero-order chi connectivity index (χ0) is 15.6. The minimum absolute atomic E-state index is 0.132. The molecule has 0 atom stereocenters. The van der Waals surface area contributed by atoms with Gasteiger partial charge in [-0.1, -0.05) is 22.0 Å². The number of hydrogen-bond acceptors (Lipinski definition) is 3. The summed E-state index contributed by atoms with van der Waals surface area (Å²) in [5.41, 5.74) is 2.36. The Morgan fingerprint density at radius 2 is 1.76 bits per heavy atom. The SMILES string of the molecule is COc1cc(C)c(C)cc1S(=O)(=O)Nc1cccc(Br)c1. The fourth-order valence-corrected chi connectivity index (χ4v) is 3.58. The highest BCUT2D eigenvalue weighted by molar-refractivity contribution is 9.10. The predicted molar refractivity (Wildman–Crippen MR) is 87.4 cm³/mol. The molecule has 0 aliphatic rings. The lowest BCUT2D eigenvalue weighted by Crippen LogP contribution is -2.14. The molecule has 0 aliphatic carbocycles.